The van der Waals surface area contributed by atoms with Gasteiger partial charge in [-0.05, 0) is 36.2 Å². The molecule has 140 valence electrons. The second-order valence-corrected chi connectivity index (χ2v) is 6.42. The summed E-state index contributed by atoms with van der Waals surface area (Å²) in [5.41, 5.74) is 2.22. The van der Waals surface area contributed by atoms with E-state index in [4.69, 9.17) is 10.00 Å². The molecule has 28 heavy (non-hydrogen) atoms. The number of amides is 1. The van der Waals surface area contributed by atoms with Gasteiger partial charge in [0.05, 0.1) is 41.6 Å². The third-order valence-corrected chi connectivity index (χ3v) is 4.56. The molecule has 1 amide bonds. The number of hydrogen-bond acceptors (Lipinski definition) is 6. The van der Waals surface area contributed by atoms with Gasteiger partial charge in [0.25, 0.3) is 5.91 Å². The summed E-state index contributed by atoms with van der Waals surface area (Å²) in [5, 5.41) is 26.5. The molecule has 1 fully saturated rings. The normalized spacial score (nSPS) is 15.9. The molecule has 1 atom stereocenters. The molecule has 2 N–H and O–H groups in total. The predicted molar refractivity (Wildman–Crippen MR) is 99.9 cm³/mol. The minimum absolute atomic E-state index is 0.0253. The summed E-state index contributed by atoms with van der Waals surface area (Å²) in [7, 11) is 0. The monoisotopic (exact) mass is 375 g/mol. The molecule has 1 aromatic carbocycles. The van der Waals surface area contributed by atoms with Gasteiger partial charge in [0.1, 0.15) is 0 Å². The Bertz CT molecular complexity index is 1030. The van der Waals surface area contributed by atoms with E-state index in [0.717, 1.165) is 12.0 Å². The summed E-state index contributed by atoms with van der Waals surface area (Å²) in [6.45, 7) is 1.18. The van der Waals surface area contributed by atoms with Gasteiger partial charge < -0.3 is 15.2 Å². The summed E-state index contributed by atoms with van der Waals surface area (Å²) < 4.78 is 6.54. The van der Waals surface area contributed by atoms with E-state index >= 15 is 0 Å². The van der Waals surface area contributed by atoms with Crippen LogP contribution in [0, 0.1) is 11.3 Å². The molecule has 0 aliphatic carbocycles. The summed E-state index contributed by atoms with van der Waals surface area (Å²) >= 11 is 0. The number of aromatic hydroxyl groups is 1. The largest absolute Gasteiger partial charge is 0.493 e. The Balaban J connectivity index is 1.53. The number of carbonyl (C=O) groups excluding carboxylic acids is 1. The number of carbonyl (C=O) groups is 1. The van der Waals surface area contributed by atoms with E-state index in [0.29, 0.717) is 35.7 Å². The topological polar surface area (TPSA) is 113 Å². The van der Waals surface area contributed by atoms with E-state index in [2.05, 4.69) is 21.5 Å². The summed E-state index contributed by atoms with van der Waals surface area (Å²) in [4.78, 5) is 16.5. The van der Waals surface area contributed by atoms with E-state index in [1.165, 1.54) is 17.1 Å². The molecule has 3 heterocycles. The SMILES string of the molecule is N#Cc1ccc(-c2cnn(-c3ccc(C(=O)NC4CCOC4)cn3)c2O)cc1. The average Bonchev–Trinajstić information content (AvgIpc) is 3.38. The summed E-state index contributed by atoms with van der Waals surface area (Å²) in [6, 6.07) is 12.2. The van der Waals surface area contributed by atoms with Crippen molar-refractivity contribution in [3.63, 3.8) is 0 Å². The van der Waals surface area contributed by atoms with Crippen molar-refractivity contribution in [2.75, 3.05) is 13.2 Å². The van der Waals surface area contributed by atoms with Crippen molar-refractivity contribution in [1.82, 2.24) is 20.1 Å². The van der Waals surface area contributed by atoms with Gasteiger partial charge in [0.15, 0.2) is 5.82 Å². The molecule has 1 aliphatic rings. The fraction of sp³-hybridized carbons (Fsp3) is 0.200. The predicted octanol–water partition coefficient (Wildman–Crippen LogP) is 2.03. The molecule has 1 unspecified atom stereocenters. The van der Waals surface area contributed by atoms with Crippen LogP contribution in [-0.4, -0.2) is 45.0 Å². The minimum atomic E-state index is -0.211. The van der Waals surface area contributed by atoms with E-state index < -0.39 is 0 Å². The highest BCUT2D eigenvalue weighted by Gasteiger charge is 2.19. The van der Waals surface area contributed by atoms with Crippen LogP contribution in [0.25, 0.3) is 16.9 Å². The van der Waals surface area contributed by atoms with Crippen molar-refractivity contribution < 1.29 is 14.6 Å². The molecule has 3 aromatic rings. The van der Waals surface area contributed by atoms with Crippen LogP contribution in [0.15, 0.2) is 48.8 Å². The van der Waals surface area contributed by atoms with E-state index in [1.54, 1.807) is 36.4 Å². The van der Waals surface area contributed by atoms with Crippen LogP contribution in [0.4, 0.5) is 0 Å². The van der Waals surface area contributed by atoms with Crippen LogP contribution in [0.1, 0.15) is 22.3 Å². The third-order valence-electron chi connectivity index (χ3n) is 4.56. The molecule has 4 rings (SSSR count). The smallest absolute Gasteiger partial charge is 0.253 e. The Hall–Kier alpha value is -3.70. The van der Waals surface area contributed by atoms with Crippen molar-refractivity contribution in [3.05, 3.63) is 59.9 Å². The van der Waals surface area contributed by atoms with Crippen LogP contribution in [-0.2, 0) is 4.74 Å². The number of benzene rings is 1. The first-order chi connectivity index (χ1) is 13.7. The van der Waals surface area contributed by atoms with Crippen LogP contribution in [0.5, 0.6) is 5.88 Å². The number of nitriles is 1. The Morgan fingerprint density at radius 2 is 2.07 bits per heavy atom. The Kier molecular flexibility index (Phi) is 4.74. The summed E-state index contributed by atoms with van der Waals surface area (Å²) in [6.07, 6.45) is 3.78. The molecule has 0 bridgehead atoms. The molecule has 0 saturated carbocycles. The van der Waals surface area contributed by atoms with Crippen LogP contribution < -0.4 is 5.32 Å². The van der Waals surface area contributed by atoms with Gasteiger partial charge in [0.2, 0.25) is 5.88 Å². The lowest BCUT2D eigenvalue weighted by Gasteiger charge is -2.10. The van der Waals surface area contributed by atoms with Gasteiger partial charge in [-0.2, -0.15) is 15.0 Å². The molecule has 8 heteroatoms. The van der Waals surface area contributed by atoms with Crippen molar-refractivity contribution in [3.8, 4) is 28.9 Å². The quantitative estimate of drug-likeness (QED) is 0.721. The van der Waals surface area contributed by atoms with Crippen LogP contribution in [0.3, 0.4) is 0 Å². The molecule has 2 aromatic heterocycles. The lowest BCUT2D eigenvalue weighted by atomic mass is 10.1. The first-order valence-corrected chi connectivity index (χ1v) is 8.78. The number of nitrogens with zero attached hydrogens (tertiary/aromatic N) is 4. The second-order valence-electron chi connectivity index (χ2n) is 6.42. The maximum Gasteiger partial charge on any atom is 0.253 e. The van der Waals surface area contributed by atoms with Gasteiger partial charge in [-0.15, -0.1) is 0 Å². The Morgan fingerprint density at radius 1 is 1.25 bits per heavy atom. The highest BCUT2D eigenvalue weighted by molar-refractivity contribution is 5.94. The van der Waals surface area contributed by atoms with E-state index in [-0.39, 0.29) is 17.8 Å². The molecule has 0 spiro atoms. The highest BCUT2D eigenvalue weighted by Crippen LogP contribution is 2.30. The van der Waals surface area contributed by atoms with E-state index in [9.17, 15) is 9.90 Å². The minimum Gasteiger partial charge on any atom is -0.493 e. The number of nitrogens with one attached hydrogen (secondary N) is 1. The number of hydrogen-bond donors (Lipinski definition) is 2. The maximum atomic E-state index is 12.3. The summed E-state index contributed by atoms with van der Waals surface area (Å²) in [5.74, 6) is 0.105. The molecular formula is C20H17N5O3. The highest BCUT2D eigenvalue weighted by atomic mass is 16.5. The lowest BCUT2D eigenvalue weighted by molar-refractivity contribution is 0.0929. The average molecular weight is 375 g/mol. The number of aromatic nitrogens is 3. The van der Waals surface area contributed by atoms with Crippen LogP contribution in [0.2, 0.25) is 0 Å². The lowest BCUT2D eigenvalue weighted by Crippen LogP contribution is -2.35. The van der Waals surface area contributed by atoms with Crippen LogP contribution >= 0.6 is 0 Å². The Labute approximate surface area is 161 Å². The third kappa shape index (κ3) is 3.43. The molecule has 8 nitrogen and oxygen atoms in total. The molecule has 1 saturated heterocycles. The van der Waals surface area contributed by atoms with E-state index in [1.807, 2.05) is 0 Å². The van der Waals surface area contributed by atoms with Crippen molar-refractivity contribution >= 4 is 5.91 Å². The second kappa shape index (κ2) is 7.50. The number of rotatable bonds is 4. The Morgan fingerprint density at radius 3 is 2.71 bits per heavy atom. The zero-order chi connectivity index (χ0) is 19.5. The van der Waals surface area contributed by atoms with Crippen molar-refractivity contribution in [2.24, 2.45) is 0 Å². The zero-order valence-electron chi connectivity index (χ0n) is 14.9. The van der Waals surface area contributed by atoms with Gasteiger partial charge in [-0.1, -0.05) is 12.1 Å². The standard InChI is InChI=1S/C20H17N5O3/c21-9-13-1-3-14(4-2-13)17-11-23-25(20(17)27)18-6-5-15(10-22-18)19(26)24-16-7-8-28-12-16/h1-6,10-11,16,27H,7-8,12H2,(H,24,26). The molecular weight excluding hydrogens is 358 g/mol. The molecule has 1 aliphatic heterocycles. The zero-order valence-corrected chi connectivity index (χ0v) is 14.9. The fourth-order valence-electron chi connectivity index (χ4n) is 3.00. The van der Waals surface area contributed by atoms with Gasteiger partial charge in [-0.3, -0.25) is 4.79 Å². The van der Waals surface area contributed by atoms with Crippen molar-refractivity contribution in [2.45, 2.75) is 12.5 Å². The number of pyridine rings is 1. The van der Waals surface area contributed by atoms with Crippen molar-refractivity contribution in [1.29, 1.82) is 5.26 Å². The molecule has 0 radical (unpaired) electrons. The first-order valence-electron chi connectivity index (χ1n) is 8.78. The number of ether oxygens (including phenoxy) is 1. The van der Waals surface area contributed by atoms with Gasteiger partial charge in [-0.25, -0.2) is 4.98 Å². The fourth-order valence-corrected chi connectivity index (χ4v) is 3.00. The van der Waals surface area contributed by atoms with Gasteiger partial charge >= 0.3 is 0 Å². The van der Waals surface area contributed by atoms with Gasteiger partial charge in [0, 0.05) is 12.8 Å². The maximum absolute atomic E-state index is 12.3. The first kappa shape index (κ1) is 17.7.